The van der Waals surface area contributed by atoms with Gasteiger partial charge in [0.25, 0.3) is 0 Å². The van der Waals surface area contributed by atoms with Crippen molar-refractivity contribution in [3.05, 3.63) is 27.1 Å². The van der Waals surface area contributed by atoms with Crippen LogP contribution in [0.5, 0.6) is 5.75 Å². The fraction of sp³-hybridized carbons (Fsp3) is 0.500. The van der Waals surface area contributed by atoms with Crippen LogP contribution in [-0.4, -0.2) is 19.2 Å². The third kappa shape index (κ3) is 5.32. The van der Waals surface area contributed by atoms with Crippen LogP contribution in [0, 0.1) is 0 Å². The fourth-order valence-corrected chi connectivity index (χ4v) is 2.40. The Hall–Kier alpha value is -0.0600. The van der Waals surface area contributed by atoms with E-state index in [1.807, 2.05) is 18.2 Å². The lowest BCUT2D eigenvalue weighted by atomic mass is 10.3. The number of hydrogen-bond donors (Lipinski definition) is 1. The minimum absolute atomic E-state index is 0.541. The predicted molar refractivity (Wildman–Crippen MR) is 75.1 cm³/mol. The molecule has 1 rings (SSSR count). The summed E-state index contributed by atoms with van der Waals surface area (Å²) in [5, 5.41) is 3.36. The molecule has 0 aliphatic carbocycles. The largest absolute Gasteiger partial charge is 0.492 e. The molecule has 0 fully saturated rings. The monoisotopic (exact) mass is 349 g/mol. The summed E-state index contributed by atoms with van der Waals surface area (Å²) in [6.07, 6.45) is 1.01. The number of hydrogen-bond acceptors (Lipinski definition) is 2. The maximum absolute atomic E-state index is 5.67. The zero-order valence-electron chi connectivity index (χ0n) is 9.59. The number of ether oxygens (including phenoxy) is 1. The molecule has 0 atom stereocenters. The van der Waals surface area contributed by atoms with Crippen LogP contribution in [0.3, 0.4) is 0 Å². The summed E-state index contributed by atoms with van der Waals surface area (Å²) < 4.78 is 7.70. The van der Waals surface area contributed by atoms with Crippen molar-refractivity contribution in [1.29, 1.82) is 0 Å². The second-order valence-corrected chi connectivity index (χ2v) is 5.66. The van der Waals surface area contributed by atoms with Gasteiger partial charge < -0.3 is 10.1 Å². The van der Waals surface area contributed by atoms with Crippen LogP contribution in [0.2, 0.25) is 0 Å². The van der Waals surface area contributed by atoms with Gasteiger partial charge in [-0.15, -0.1) is 0 Å². The van der Waals surface area contributed by atoms with Crippen LogP contribution in [0.15, 0.2) is 27.1 Å². The first-order chi connectivity index (χ1) is 7.59. The molecule has 0 amide bonds. The van der Waals surface area contributed by atoms with Crippen molar-refractivity contribution in [2.75, 3.05) is 13.2 Å². The summed E-state index contributed by atoms with van der Waals surface area (Å²) in [6, 6.07) is 6.47. The first-order valence-corrected chi connectivity index (χ1v) is 6.99. The first-order valence-electron chi connectivity index (χ1n) is 5.41. The molecule has 4 heteroatoms. The molecule has 0 unspecified atom stereocenters. The number of benzene rings is 1. The molecule has 0 radical (unpaired) electrons. The first kappa shape index (κ1) is 14.0. The smallest absolute Gasteiger partial charge is 0.133 e. The van der Waals surface area contributed by atoms with Gasteiger partial charge in [-0.2, -0.15) is 0 Å². The standard InChI is InChI=1S/C12H17Br2NO/c1-9(2)15-6-3-7-16-12-5-4-10(13)8-11(12)14/h4-5,8-9,15H,3,6-7H2,1-2H3. The highest BCUT2D eigenvalue weighted by atomic mass is 79.9. The average molecular weight is 351 g/mol. The normalized spacial score (nSPS) is 10.8. The zero-order valence-corrected chi connectivity index (χ0v) is 12.8. The molecule has 0 spiro atoms. The van der Waals surface area contributed by atoms with E-state index in [4.69, 9.17) is 4.74 Å². The van der Waals surface area contributed by atoms with Gasteiger partial charge >= 0.3 is 0 Å². The van der Waals surface area contributed by atoms with E-state index in [1.165, 1.54) is 0 Å². The van der Waals surface area contributed by atoms with Gasteiger partial charge in [-0.25, -0.2) is 0 Å². The van der Waals surface area contributed by atoms with Crippen LogP contribution >= 0.6 is 31.9 Å². The molecule has 0 aromatic heterocycles. The van der Waals surface area contributed by atoms with Crippen molar-refractivity contribution in [2.24, 2.45) is 0 Å². The average Bonchev–Trinajstić information content (AvgIpc) is 2.20. The Morgan fingerprint density at radius 3 is 2.69 bits per heavy atom. The van der Waals surface area contributed by atoms with Gasteiger partial charge in [-0.3, -0.25) is 0 Å². The van der Waals surface area contributed by atoms with Crippen molar-refractivity contribution in [1.82, 2.24) is 5.32 Å². The van der Waals surface area contributed by atoms with Gasteiger partial charge in [0.15, 0.2) is 0 Å². The highest BCUT2D eigenvalue weighted by molar-refractivity contribution is 9.11. The molecule has 0 saturated heterocycles. The van der Waals surface area contributed by atoms with Gasteiger partial charge in [0.2, 0.25) is 0 Å². The van der Waals surface area contributed by atoms with Crippen LogP contribution in [0.25, 0.3) is 0 Å². The minimum atomic E-state index is 0.541. The van der Waals surface area contributed by atoms with E-state index in [-0.39, 0.29) is 0 Å². The van der Waals surface area contributed by atoms with E-state index in [0.717, 1.165) is 34.3 Å². The maximum atomic E-state index is 5.67. The van der Waals surface area contributed by atoms with Gasteiger partial charge in [0.05, 0.1) is 11.1 Å². The summed E-state index contributed by atoms with van der Waals surface area (Å²) in [7, 11) is 0. The molecule has 16 heavy (non-hydrogen) atoms. The van der Waals surface area contributed by atoms with E-state index in [1.54, 1.807) is 0 Å². The maximum Gasteiger partial charge on any atom is 0.133 e. The molecule has 0 bridgehead atoms. The Bertz CT molecular complexity index is 329. The second-order valence-electron chi connectivity index (χ2n) is 3.89. The summed E-state index contributed by atoms with van der Waals surface area (Å²) in [4.78, 5) is 0. The molecular weight excluding hydrogens is 334 g/mol. The Kier molecular flexibility index (Phi) is 6.39. The second kappa shape index (κ2) is 7.30. The molecule has 0 heterocycles. The Labute approximate surface area is 114 Å². The van der Waals surface area contributed by atoms with Gasteiger partial charge in [0.1, 0.15) is 5.75 Å². The molecule has 2 nitrogen and oxygen atoms in total. The molecule has 1 N–H and O–H groups in total. The molecule has 1 aromatic rings. The van der Waals surface area contributed by atoms with Crippen molar-refractivity contribution in [3.63, 3.8) is 0 Å². The van der Waals surface area contributed by atoms with E-state index >= 15 is 0 Å². The molecule has 0 aliphatic rings. The van der Waals surface area contributed by atoms with E-state index < -0.39 is 0 Å². The highest BCUT2D eigenvalue weighted by Crippen LogP contribution is 2.28. The SMILES string of the molecule is CC(C)NCCCOc1ccc(Br)cc1Br. The van der Waals surface area contributed by atoms with Gasteiger partial charge in [0, 0.05) is 10.5 Å². The zero-order chi connectivity index (χ0) is 12.0. The summed E-state index contributed by atoms with van der Waals surface area (Å²) >= 11 is 6.88. The molecule has 0 saturated carbocycles. The topological polar surface area (TPSA) is 21.3 Å². The predicted octanol–water partition coefficient (Wildman–Crippen LogP) is 3.98. The lowest BCUT2D eigenvalue weighted by Crippen LogP contribution is -2.24. The van der Waals surface area contributed by atoms with E-state index in [9.17, 15) is 0 Å². The van der Waals surface area contributed by atoms with Crippen molar-refractivity contribution in [3.8, 4) is 5.75 Å². The third-order valence-corrected chi connectivity index (χ3v) is 3.14. The van der Waals surface area contributed by atoms with E-state index in [2.05, 4.69) is 51.0 Å². The van der Waals surface area contributed by atoms with Crippen molar-refractivity contribution < 1.29 is 4.74 Å². The number of nitrogens with one attached hydrogen (secondary N) is 1. The van der Waals surface area contributed by atoms with Crippen LogP contribution in [0.1, 0.15) is 20.3 Å². The minimum Gasteiger partial charge on any atom is -0.492 e. The summed E-state index contributed by atoms with van der Waals surface area (Å²) in [5.74, 6) is 0.896. The van der Waals surface area contributed by atoms with E-state index in [0.29, 0.717) is 6.04 Å². The quantitative estimate of drug-likeness (QED) is 0.783. The molecule has 0 aliphatic heterocycles. The van der Waals surface area contributed by atoms with Crippen molar-refractivity contribution >= 4 is 31.9 Å². The van der Waals surface area contributed by atoms with Gasteiger partial charge in [-0.05, 0) is 47.1 Å². The number of rotatable bonds is 6. The molecular formula is C12H17Br2NO. The Balaban J connectivity index is 2.27. The Morgan fingerprint density at radius 2 is 2.06 bits per heavy atom. The lowest BCUT2D eigenvalue weighted by Gasteiger charge is -2.10. The lowest BCUT2D eigenvalue weighted by molar-refractivity contribution is 0.304. The van der Waals surface area contributed by atoms with Crippen LogP contribution < -0.4 is 10.1 Å². The van der Waals surface area contributed by atoms with Crippen molar-refractivity contribution in [2.45, 2.75) is 26.3 Å². The summed E-state index contributed by atoms with van der Waals surface area (Å²) in [5.41, 5.74) is 0. The highest BCUT2D eigenvalue weighted by Gasteiger charge is 2.01. The van der Waals surface area contributed by atoms with Crippen LogP contribution in [0.4, 0.5) is 0 Å². The third-order valence-electron chi connectivity index (χ3n) is 2.03. The fourth-order valence-electron chi connectivity index (χ4n) is 1.24. The number of halogens is 2. The molecule has 90 valence electrons. The molecule has 1 aromatic carbocycles. The Morgan fingerprint density at radius 1 is 1.31 bits per heavy atom. The van der Waals surface area contributed by atoms with Gasteiger partial charge in [-0.1, -0.05) is 29.8 Å². The van der Waals surface area contributed by atoms with Crippen LogP contribution in [-0.2, 0) is 0 Å². The summed E-state index contributed by atoms with van der Waals surface area (Å²) in [6.45, 7) is 6.02.